The fourth-order valence-corrected chi connectivity index (χ4v) is 2.27. The standard InChI is InChI=1S/C13H17NO5S/c1-13(2,3)19-12(17)14-8(7-15)9-5-6-10(20-9)11(16)18-4/h5-8H,1-4H3,(H,14,17). The number of aldehydes is 1. The van der Waals surface area contributed by atoms with Gasteiger partial charge < -0.3 is 19.6 Å². The van der Waals surface area contributed by atoms with Gasteiger partial charge in [0.15, 0.2) is 0 Å². The van der Waals surface area contributed by atoms with Crippen molar-refractivity contribution in [1.29, 1.82) is 0 Å². The molecule has 0 saturated heterocycles. The first-order valence-electron chi connectivity index (χ1n) is 5.89. The molecule has 0 spiro atoms. The van der Waals surface area contributed by atoms with Gasteiger partial charge in [0.05, 0.1) is 7.11 Å². The van der Waals surface area contributed by atoms with Crippen molar-refractivity contribution in [2.45, 2.75) is 32.4 Å². The van der Waals surface area contributed by atoms with E-state index in [0.29, 0.717) is 16.0 Å². The minimum absolute atomic E-state index is 0.361. The van der Waals surface area contributed by atoms with E-state index in [1.807, 2.05) is 0 Å². The Morgan fingerprint density at radius 1 is 1.35 bits per heavy atom. The van der Waals surface area contributed by atoms with Crippen LogP contribution in [-0.2, 0) is 14.3 Å². The van der Waals surface area contributed by atoms with E-state index >= 15 is 0 Å². The Morgan fingerprint density at radius 3 is 2.50 bits per heavy atom. The van der Waals surface area contributed by atoms with Crippen LogP contribution in [-0.4, -0.2) is 31.1 Å². The first-order chi connectivity index (χ1) is 9.26. The lowest BCUT2D eigenvalue weighted by atomic mass is 10.2. The van der Waals surface area contributed by atoms with Crippen LogP contribution < -0.4 is 5.32 Å². The van der Waals surface area contributed by atoms with Gasteiger partial charge in [-0.1, -0.05) is 0 Å². The summed E-state index contributed by atoms with van der Waals surface area (Å²) in [4.78, 5) is 34.9. The molecule has 1 unspecified atom stereocenters. The summed E-state index contributed by atoms with van der Waals surface area (Å²) in [6, 6.07) is 2.28. The lowest BCUT2D eigenvalue weighted by Crippen LogP contribution is -2.35. The number of methoxy groups -OCH3 is 1. The topological polar surface area (TPSA) is 81.7 Å². The molecule has 1 amide bonds. The third-order valence-corrected chi connectivity index (χ3v) is 3.28. The van der Waals surface area contributed by atoms with E-state index in [9.17, 15) is 14.4 Å². The number of alkyl carbamates (subject to hydrolysis) is 1. The molecule has 0 aromatic carbocycles. The highest BCUT2D eigenvalue weighted by molar-refractivity contribution is 7.14. The minimum atomic E-state index is -0.853. The number of thiophene rings is 1. The number of hydrogen-bond acceptors (Lipinski definition) is 6. The average Bonchev–Trinajstić information content (AvgIpc) is 2.82. The first kappa shape index (κ1) is 16.2. The zero-order valence-electron chi connectivity index (χ0n) is 11.8. The maximum atomic E-state index is 11.6. The lowest BCUT2D eigenvalue weighted by molar-refractivity contribution is -0.109. The molecule has 110 valence electrons. The van der Waals surface area contributed by atoms with Gasteiger partial charge in [-0.05, 0) is 32.9 Å². The highest BCUT2D eigenvalue weighted by atomic mass is 32.1. The Kier molecular flexibility index (Phi) is 5.26. The maximum Gasteiger partial charge on any atom is 0.408 e. The molecule has 0 saturated carbocycles. The van der Waals surface area contributed by atoms with E-state index < -0.39 is 23.7 Å². The van der Waals surface area contributed by atoms with Crippen molar-refractivity contribution in [2.24, 2.45) is 0 Å². The monoisotopic (exact) mass is 299 g/mol. The lowest BCUT2D eigenvalue weighted by Gasteiger charge is -2.21. The molecule has 1 aromatic heterocycles. The van der Waals surface area contributed by atoms with E-state index in [0.717, 1.165) is 11.3 Å². The summed E-state index contributed by atoms with van der Waals surface area (Å²) in [5.41, 5.74) is -0.649. The normalized spacial score (nSPS) is 12.4. The molecule has 0 aliphatic heterocycles. The molecule has 1 heterocycles. The number of amides is 1. The maximum absolute atomic E-state index is 11.6. The van der Waals surface area contributed by atoms with Gasteiger partial charge in [-0.3, -0.25) is 0 Å². The van der Waals surface area contributed by atoms with E-state index in [1.165, 1.54) is 7.11 Å². The second-order valence-corrected chi connectivity index (χ2v) is 6.07. The third-order valence-electron chi connectivity index (χ3n) is 2.13. The zero-order chi connectivity index (χ0) is 15.3. The highest BCUT2D eigenvalue weighted by Crippen LogP contribution is 2.23. The predicted octanol–water partition coefficient (Wildman–Crippen LogP) is 2.30. The molecule has 6 nitrogen and oxygen atoms in total. The highest BCUT2D eigenvalue weighted by Gasteiger charge is 2.22. The van der Waals surface area contributed by atoms with Crippen molar-refractivity contribution in [2.75, 3.05) is 7.11 Å². The number of carbonyl (C=O) groups is 3. The molecule has 1 atom stereocenters. The van der Waals surface area contributed by atoms with Crippen molar-refractivity contribution in [3.63, 3.8) is 0 Å². The Balaban J connectivity index is 2.76. The van der Waals surface area contributed by atoms with Crippen LogP contribution >= 0.6 is 11.3 Å². The van der Waals surface area contributed by atoms with E-state index in [1.54, 1.807) is 32.9 Å². The van der Waals surface area contributed by atoms with Crippen LogP contribution in [0.4, 0.5) is 4.79 Å². The second kappa shape index (κ2) is 6.51. The molecule has 1 rings (SSSR count). The van der Waals surface area contributed by atoms with Crippen molar-refractivity contribution in [3.8, 4) is 0 Å². The van der Waals surface area contributed by atoms with Crippen LogP contribution in [0.25, 0.3) is 0 Å². The largest absolute Gasteiger partial charge is 0.465 e. The Labute approximate surface area is 121 Å². The number of nitrogens with one attached hydrogen (secondary N) is 1. The van der Waals surface area contributed by atoms with Crippen molar-refractivity contribution in [1.82, 2.24) is 5.32 Å². The Bertz CT molecular complexity index is 503. The van der Waals surface area contributed by atoms with Crippen LogP contribution in [0.3, 0.4) is 0 Å². The third kappa shape index (κ3) is 4.65. The van der Waals surface area contributed by atoms with Crippen molar-refractivity contribution < 1.29 is 23.9 Å². The molecule has 20 heavy (non-hydrogen) atoms. The molecular formula is C13H17NO5S. The molecule has 1 N–H and O–H groups in total. The molecule has 0 radical (unpaired) electrons. The van der Waals surface area contributed by atoms with Crippen LogP contribution in [0.1, 0.15) is 41.4 Å². The Hall–Kier alpha value is -1.89. The zero-order valence-corrected chi connectivity index (χ0v) is 12.6. The quantitative estimate of drug-likeness (QED) is 0.681. The van der Waals surface area contributed by atoms with Crippen LogP contribution in [0, 0.1) is 0 Å². The van der Waals surface area contributed by atoms with E-state index in [2.05, 4.69) is 10.1 Å². The van der Waals surface area contributed by atoms with Gasteiger partial charge in [-0.2, -0.15) is 0 Å². The summed E-state index contributed by atoms with van der Waals surface area (Å²) in [5, 5.41) is 2.44. The smallest absolute Gasteiger partial charge is 0.408 e. The number of ether oxygens (including phenoxy) is 2. The van der Waals surface area contributed by atoms with Crippen LogP contribution in [0.15, 0.2) is 12.1 Å². The van der Waals surface area contributed by atoms with Gasteiger partial charge in [-0.15, -0.1) is 11.3 Å². The average molecular weight is 299 g/mol. The summed E-state index contributed by atoms with van der Waals surface area (Å²) < 4.78 is 9.65. The van der Waals surface area contributed by atoms with Crippen LogP contribution in [0.5, 0.6) is 0 Å². The Morgan fingerprint density at radius 2 is 2.00 bits per heavy atom. The predicted molar refractivity (Wildman–Crippen MR) is 73.8 cm³/mol. The minimum Gasteiger partial charge on any atom is -0.465 e. The summed E-state index contributed by atoms with van der Waals surface area (Å²) >= 11 is 1.08. The van der Waals surface area contributed by atoms with Gasteiger partial charge in [0, 0.05) is 4.88 Å². The molecular weight excluding hydrogens is 282 g/mol. The fourth-order valence-electron chi connectivity index (χ4n) is 1.34. The van der Waals surface area contributed by atoms with Gasteiger partial charge in [0.25, 0.3) is 0 Å². The molecule has 7 heteroatoms. The van der Waals surface area contributed by atoms with Gasteiger partial charge >= 0.3 is 12.1 Å². The SMILES string of the molecule is COC(=O)c1ccc(C(C=O)NC(=O)OC(C)(C)C)s1. The molecule has 0 aliphatic carbocycles. The summed E-state index contributed by atoms with van der Waals surface area (Å²) in [5.74, 6) is -0.483. The summed E-state index contributed by atoms with van der Waals surface area (Å²) in [7, 11) is 1.28. The number of carbonyl (C=O) groups excluding carboxylic acids is 3. The van der Waals surface area contributed by atoms with E-state index in [4.69, 9.17) is 4.74 Å². The first-order valence-corrected chi connectivity index (χ1v) is 6.71. The second-order valence-electron chi connectivity index (χ2n) is 4.95. The molecule has 0 bridgehead atoms. The number of rotatable bonds is 4. The summed E-state index contributed by atoms with van der Waals surface area (Å²) in [6.45, 7) is 5.18. The summed E-state index contributed by atoms with van der Waals surface area (Å²) in [6.07, 6.45) is -0.112. The van der Waals surface area contributed by atoms with Crippen molar-refractivity contribution >= 4 is 29.7 Å². The van der Waals surface area contributed by atoms with Crippen molar-refractivity contribution in [3.05, 3.63) is 21.9 Å². The number of esters is 1. The van der Waals surface area contributed by atoms with Gasteiger partial charge in [-0.25, -0.2) is 9.59 Å². The molecule has 0 fully saturated rings. The fraction of sp³-hybridized carbons (Fsp3) is 0.462. The van der Waals surface area contributed by atoms with Gasteiger partial charge in [0.2, 0.25) is 0 Å². The van der Waals surface area contributed by atoms with Crippen LogP contribution in [0.2, 0.25) is 0 Å². The molecule has 0 aliphatic rings. The molecule has 1 aromatic rings. The van der Waals surface area contributed by atoms with Gasteiger partial charge in [0.1, 0.15) is 22.8 Å². The van der Waals surface area contributed by atoms with E-state index in [-0.39, 0.29) is 0 Å². The number of hydrogen-bond donors (Lipinski definition) is 1.